The molecule has 2 aliphatic rings. The van der Waals surface area contributed by atoms with E-state index in [0.29, 0.717) is 25.4 Å². The number of nitrogens with zero attached hydrogens (tertiary/aromatic N) is 5. The molecular weight excluding hydrogens is 458 g/mol. The van der Waals surface area contributed by atoms with E-state index in [9.17, 15) is 14.7 Å². The van der Waals surface area contributed by atoms with Crippen molar-refractivity contribution in [3.8, 4) is 11.3 Å². The first-order valence-electron chi connectivity index (χ1n) is 12.3. The van der Waals surface area contributed by atoms with Gasteiger partial charge in [0.05, 0.1) is 11.8 Å². The van der Waals surface area contributed by atoms with Crippen LogP contribution in [-0.4, -0.2) is 85.7 Å². The molecule has 10 heteroatoms. The summed E-state index contributed by atoms with van der Waals surface area (Å²) in [5.41, 5.74) is 5.39. The molecule has 10 nitrogen and oxygen atoms in total. The minimum Gasteiger partial charge on any atom is -0.390 e. The lowest BCUT2D eigenvalue weighted by Gasteiger charge is -2.38. The Morgan fingerprint density at radius 1 is 1.22 bits per heavy atom. The molecule has 4 heterocycles. The van der Waals surface area contributed by atoms with Crippen LogP contribution in [0.4, 0.5) is 0 Å². The molecule has 3 N–H and O–H groups in total. The fraction of sp³-hybridized carbons (Fsp3) is 0.423. The SMILES string of the molecule is CC(=O)N1CC(Cc2cc(C(=O)NC[C@H](O)CN3CCc4[nH]nc(-c5ccccc5)c4C3)ncn2)C1. The molecule has 2 aliphatic heterocycles. The summed E-state index contributed by atoms with van der Waals surface area (Å²) in [6.07, 6.45) is 2.22. The topological polar surface area (TPSA) is 127 Å². The molecule has 0 spiro atoms. The lowest BCUT2D eigenvalue weighted by molar-refractivity contribution is -0.134. The average molecular weight is 490 g/mol. The summed E-state index contributed by atoms with van der Waals surface area (Å²) in [7, 11) is 0. The van der Waals surface area contributed by atoms with Crippen LogP contribution in [0.15, 0.2) is 42.7 Å². The fourth-order valence-electron chi connectivity index (χ4n) is 4.89. The summed E-state index contributed by atoms with van der Waals surface area (Å²) in [6, 6.07) is 11.8. The van der Waals surface area contributed by atoms with Crippen molar-refractivity contribution in [2.24, 2.45) is 5.92 Å². The normalized spacial score (nSPS) is 16.8. The largest absolute Gasteiger partial charge is 0.390 e. The molecule has 1 fully saturated rings. The van der Waals surface area contributed by atoms with Gasteiger partial charge in [0.2, 0.25) is 5.91 Å². The van der Waals surface area contributed by atoms with Crippen LogP contribution in [0.5, 0.6) is 0 Å². The molecule has 0 saturated carbocycles. The van der Waals surface area contributed by atoms with Gasteiger partial charge < -0.3 is 15.3 Å². The average Bonchev–Trinajstić information content (AvgIpc) is 3.28. The van der Waals surface area contributed by atoms with Crippen molar-refractivity contribution >= 4 is 11.8 Å². The number of hydrogen-bond donors (Lipinski definition) is 3. The summed E-state index contributed by atoms with van der Waals surface area (Å²) in [6.45, 7) is 5.09. The number of β-amino-alcohol motifs (C(OH)–C–C–N with tert-alkyl or cyclic N) is 1. The van der Waals surface area contributed by atoms with Crippen molar-refractivity contribution in [1.82, 2.24) is 35.3 Å². The molecule has 2 amide bonds. The number of benzene rings is 1. The Morgan fingerprint density at radius 2 is 2.03 bits per heavy atom. The molecule has 0 bridgehead atoms. The third kappa shape index (κ3) is 5.44. The van der Waals surface area contributed by atoms with Gasteiger partial charge >= 0.3 is 0 Å². The third-order valence-electron chi connectivity index (χ3n) is 6.88. The van der Waals surface area contributed by atoms with E-state index in [1.54, 1.807) is 17.9 Å². The predicted molar refractivity (Wildman–Crippen MR) is 133 cm³/mol. The summed E-state index contributed by atoms with van der Waals surface area (Å²) < 4.78 is 0. The first-order valence-corrected chi connectivity index (χ1v) is 12.3. The van der Waals surface area contributed by atoms with E-state index in [2.05, 4.69) is 30.4 Å². The van der Waals surface area contributed by atoms with E-state index >= 15 is 0 Å². The molecule has 1 aromatic carbocycles. The molecular formula is C26H31N7O3. The highest BCUT2D eigenvalue weighted by Crippen LogP contribution is 2.28. The maximum Gasteiger partial charge on any atom is 0.270 e. The van der Waals surface area contributed by atoms with Crippen LogP contribution in [0.25, 0.3) is 11.3 Å². The van der Waals surface area contributed by atoms with Gasteiger partial charge in [-0.15, -0.1) is 0 Å². The van der Waals surface area contributed by atoms with Crippen molar-refractivity contribution in [1.29, 1.82) is 0 Å². The van der Waals surface area contributed by atoms with Gasteiger partial charge in [-0.2, -0.15) is 5.10 Å². The van der Waals surface area contributed by atoms with E-state index in [1.807, 2.05) is 30.3 Å². The van der Waals surface area contributed by atoms with E-state index < -0.39 is 6.10 Å². The molecule has 3 aromatic rings. The number of aliphatic hydroxyl groups excluding tert-OH is 1. The van der Waals surface area contributed by atoms with Crippen LogP contribution in [0.1, 0.15) is 34.4 Å². The Labute approximate surface area is 209 Å². The number of carbonyl (C=O) groups is 2. The fourth-order valence-corrected chi connectivity index (χ4v) is 4.89. The number of aromatic amines is 1. The maximum atomic E-state index is 12.6. The highest BCUT2D eigenvalue weighted by molar-refractivity contribution is 5.92. The van der Waals surface area contributed by atoms with E-state index in [4.69, 9.17) is 0 Å². The number of likely N-dealkylation sites (tertiary alicyclic amines) is 1. The van der Waals surface area contributed by atoms with Crippen LogP contribution >= 0.6 is 0 Å². The summed E-state index contributed by atoms with van der Waals surface area (Å²) >= 11 is 0. The van der Waals surface area contributed by atoms with Gasteiger partial charge in [0, 0.05) is 75.1 Å². The van der Waals surface area contributed by atoms with Gasteiger partial charge in [0.1, 0.15) is 12.0 Å². The zero-order valence-electron chi connectivity index (χ0n) is 20.4. The Balaban J connectivity index is 1.11. The van der Waals surface area contributed by atoms with E-state index in [1.165, 1.54) is 6.33 Å². The van der Waals surface area contributed by atoms with Gasteiger partial charge in [-0.1, -0.05) is 30.3 Å². The van der Waals surface area contributed by atoms with Gasteiger partial charge in [0.25, 0.3) is 5.91 Å². The van der Waals surface area contributed by atoms with Gasteiger partial charge in [-0.3, -0.25) is 19.6 Å². The van der Waals surface area contributed by atoms with Gasteiger partial charge in [-0.25, -0.2) is 9.97 Å². The quantitative estimate of drug-likeness (QED) is 0.431. The number of hydrogen-bond acceptors (Lipinski definition) is 7. The number of H-pyrrole nitrogens is 1. The number of nitrogens with one attached hydrogen (secondary N) is 2. The van der Waals surface area contributed by atoms with Crippen LogP contribution in [0.2, 0.25) is 0 Å². The number of rotatable bonds is 8. The molecule has 0 unspecified atom stereocenters. The monoisotopic (exact) mass is 489 g/mol. The van der Waals surface area contributed by atoms with Gasteiger partial charge in [-0.05, 0) is 18.4 Å². The maximum absolute atomic E-state index is 12.6. The zero-order valence-corrected chi connectivity index (χ0v) is 20.4. The van der Waals surface area contributed by atoms with Crippen LogP contribution in [0, 0.1) is 5.92 Å². The van der Waals surface area contributed by atoms with Crippen LogP contribution < -0.4 is 5.32 Å². The van der Waals surface area contributed by atoms with E-state index in [-0.39, 0.29) is 24.1 Å². The molecule has 188 valence electrons. The van der Waals surface area contributed by atoms with Crippen molar-refractivity contribution in [3.05, 3.63) is 65.4 Å². The lowest BCUT2D eigenvalue weighted by atomic mass is 9.94. The van der Waals surface area contributed by atoms with Crippen LogP contribution in [0.3, 0.4) is 0 Å². The third-order valence-corrected chi connectivity index (χ3v) is 6.88. The Kier molecular flexibility index (Phi) is 7.06. The number of carbonyl (C=O) groups excluding carboxylic acids is 2. The van der Waals surface area contributed by atoms with Gasteiger partial charge in [0.15, 0.2) is 0 Å². The van der Waals surface area contributed by atoms with Crippen molar-refractivity contribution in [2.75, 3.05) is 32.7 Å². The van der Waals surface area contributed by atoms with Crippen LogP contribution in [-0.2, 0) is 24.2 Å². The number of aliphatic hydroxyl groups is 1. The Morgan fingerprint density at radius 3 is 2.81 bits per heavy atom. The Bertz CT molecular complexity index is 1220. The predicted octanol–water partition coefficient (Wildman–Crippen LogP) is 1.04. The molecule has 0 radical (unpaired) electrons. The second-order valence-electron chi connectivity index (χ2n) is 9.63. The standard InChI is InChI=1S/C26H31N7O3/c1-17(34)33-12-18(13-33)9-20-10-24(29-16-28-20)26(36)27-11-21(35)14-32-8-7-23-22(15-32)25(31-30-23)19-5-3-2-4-6-19/h2-6,10,16,18,21,35H,7-9,11-15H2,1H3,(H,27,36)(H,30,31)/t21-/m0/s1. The molecule has 1 atom stereocenters. The number of fused-ring (bicyclic) bond motifs is 1. The van der Waals surface area contributed by atoms with Crippen molar-refractivity contribution in [2.45, 2.75) is 32.4 Å². The van der Waals surface area contributed by atoms with E-state index in [0.717, 1.165) is 54.3 Å². The minimum atomic E-state index is -0.712. The zero-order chi connectivity index (χ0) is 25.1. The highest BCUT2D eigenvalue weighted by atomic mass is 16.3. The Hall–Kier alpha value is -3.63. The van der Waals surface area contributed by atoms with Crippen molar-refractivity contribution < 1.29 is 14.7 Å². The molecule has 1 saturated heterocycles. The minimum absolute atomic E-state index is 0.0824. The molecule has 36 heavy (non-hydrogen) atoms. The second-order valence-corrected chi connectivity index (χ2v) is 9.63. The first kappa shape index (κ1) is 24.1. The second kappa shape index (κ2) is 10.5. The summed E-state index contributed by atoms with van der Waals surface area (Å²) in [5, 5.41) is 21.1. The molecule has 0 aliphatic carbocycles. The summed E-state index contributed by atoms with van der Waals surface area (Å²) in [4.78, 5) is 36.3. The smallest absolute Gasteiger partial charge is 0.270 e. The molecule has 5 rings (SSSR count). The lowest BCUT2D eigenvalue weighted by Crippen LogP contribution is -2.49. The number of amides is 2. The number of aromatic nitrogens is 4. The highest BCUT2D eigenvalue weighted by Gasteiger charge is 2.29. The summed E-state index contributed by atoms with van der Waals surface area (Å²) in [5.74, 6) is 0.0991. The van der Waals surface area contributed by atoms with Crippen molar-refractivity contribution in [3.63, 3.8) is 0 Å². The molecule has 2 aromatic heterocycles. The first-order chi connectivity index (χ1) is 17.5.